The standard InChI is InChI=1S/C8H12O3/c1-6(2)8(10)11-5-7(3)4-9/h4,7H,1,5H2,2-3H3. The molecular formula is C8H12O3. The van der Waals surface area contributed by atoms with Crippen LogP contribution < -0.4 is 0 Å². The first kappa shape index (κ1) is 9.88. The van der Waals surface area contributed by atoms with Crippen molar-refractivity contribution in [2.24, 2.45) is 5.92 Å². The summed E-state index contributed by atoms with van der Waals surface area (Å²) < 4.78 is 4.69. The third-order valence-corrected chi connectivity index (χ3v) is 1.06. The molecule has 0 aliphatic carbocycles. The topological polar surface area (TPSA) is 43.4 Å². The molecule has 0 N–H and O–H groups in total. The molecule has 1 atom stereocenters. The van der Waals surface area contributed by atoms with Gasteiger partial charge in [-0.3, -0.25) is 0 Å². The van der Waals surface area contributed by atoms with Crippen LogP contribution in [0.2, 0.25) is 0 Å². The van der Waals surface area contributed by atoms with Crippen LogP contribution in [0.25, 0.3) is 0 Å². The Morgan fingerprint density at radius 2 is 2.27 bits per heavy atom. The molecule has 0 heterocycles. The number of aldehydes is 1. The molecule has 11 heavy (non-hydrogen) atoms. The van der Waals surface area contributed by atoms with Crippen LogP contribution in [0, 0.1) is 5.92 Å². The van der Waals surface area contributed by atoms with Crippen LogP contribution in [0.4, 0.5) is 0 Å². The maximum atomic E-state index is 10.7. The van der Waals surface area contributed by atoms with E-state index in [-0.39, 0.29) is 12.5 Å². The summed E-state index contributed by atoms with van der Waals surface area (Å²) in [5, 5.41) is 0. The molecule has 0 saturated carbocycles. The van der Waals surface area contributed by atoms with Crippen molar-refractivity contribution >= 4 is 12.3 Å². The van der Waals surface area contributed by atoms with Crippen LogP contribution in [0.15, 0.2) is 12.2 Å². The van der Waals surface area contributed by atoms with Crippen molar-refractivity contribution in [2.45, 2.75) is 13.8 Å². The fraction of sp³-hybridized carbons (Fsp3) is 0.500. The van der Waals surface area contributed by atoms with Gasteiger partial charge in [0.25, 0.3) is 0 Å². The highest BCUT2D eigenvalue weighted by Crippen LogP contribution is 1.96. The lowest BCUT2D eigenvalue weighted by Gasteiger charge is -2.04. The molecule has 0 amide bonds. The van der Waals surface area contributed by atoms with Crippen LogP contribution in [-0.2, 0) is 14.3 Å². The summed E-state index contributed by atoms with van der Waals surface area (Å²) in [4.78, 5) is 20.8. The summed E-state index contributed by atoms with van der Waals surface area (Å²) in [5.41, 5.74) is 0.350. The molecule has 0 aliphatic rings. The average molecular weight is 156 g/mol. The Hall–Kier alpha value is -1.12. The molecule has 0 rings (SSSR count). The second kappa shape index (κ2) is 4.66. The van der Waals surface area contributed by atoms with E-state index >= 15 is 0 Å². The van der Waals surface area contributed by atoms with Crippen LogP contribution in [0.1, 0.15) is 13.8 Å². The number of esters is 1. The summed E-state index contributed by atoms with van der Waals surface area (Å²) in [5.74, 6) is -0.683. The molecule has 0 spiro atoms. The molecule has 0 aromatic carbocycles. The minimum atomic E-state index is -0.446. The molecule has 3 nitrogen and oxygen atoms in total. The molecule has 62 valence electrons. The third-order valence-electron chi connectivity index (χ3n) is 1.06. The Kier molecular flexibility index (Phi) is 4.18. The quantitative estimate of drug-likeness (QED) is 0.345. The maximum Gasteiger partial charge on any atom is 0.333 e. The van der Waals surface area contributed by atoms with Crippen LogP contribution in [-0.4, -0.2) is 18.9 Å². The van der Waals surface area contributed by atoms with Crippen molar-refractivity contribution in [3.8, 4) is 0 Å². The molecule has 1 unspecified atom stereocenters. The lowest BCUT2D eigenvalue weighted by atomic mass is 10.2. The lowest BCUT2D eigenvalue weighted by molar-refractivity contribution is -0.140. The predicted molar refractivity (Wildman–Crippen MR) is 41.0 cm³/mol. The maximum absolute atomic E-state index is 10.7. The smallest absolute Gasteiger partial charge is 0.333 e. The van der Waals surface area contributed by atoms with Gasteiger partial charge in [0.2, 0.25) is 0 Å². The lowest BCUT2D eigenvalue weighted by Crippen LogP contribution is -2.12. The van der Waals surface area contributed by atoms with E-state index in [1.807, 2.05) is 0 Å². The molecule has 0 saturated heterocycles. The van der Waals surface area contributed by atoms with Gasteiger partial charge in [0, 0.05) is 11.5 Å². The predicted octanol–water partition coefficient (Wildman–Crippen LogP) is 0.941. The van der Waals surface area contributed by atoms with Gasteiger partial charge in [-0.15, -0.1) is 0 Å². The Bertz CT molecular complexity index is 172. The largest absolute Gasteiger partial charge is 0.462 e. The normalized spacial score (nSPS) is 11.8. The highest BCUT2D eigenvalue weighted by atomic mass is 16.5. The number of hydrogen-bond acceptors (Lipinski definition) is 3. The molecular weight excluding hydrogens is 144 g/mol. The fourth-order valence-corrected chi connectivity index (χ4v) is 0.370. The second-order valence-electron chi connectivity index (χ2n) is 2.49. The van der Waals surface area contributed by atoms with Crippen LogP contribution in [0.3, 0.4) is 0 Å². The number of ether oxygens (including phenoxy) is 1. The van der Waals surface area contributed by atoms with Crippen molar-refractivity contribution in [1.82, 2.24) is 0 Å². The zero-order valence-corrected chi connectivity index (χ0v) is 6.79. The van der Waals surface area contributed by atoms with Crippen molar-refractivity contribution in [3.63, 3.8) is 0 Å². The van der Waals surface area contributed by atoms with E-state index in [2.05, 4.69) is 11.3 Å². The van der Waals surface area contributed by atoms with Gasteiger partial charge >= 0.3 is 5.97 Å². The summed E-state index contributed by atoms with van der Waals surface area (Å²) in [6, 6.07) is 0. The highest BCUT2D eigenvalue weighted by Gasteiger charge is 2.05. The average Bonchev–Trinajstić information content (AvgIpc) is 1.99. The zero-order valence-electron chi connectivity index (χ0n) is 6.79. The van der Waals surface area contributed by atoms with Gasteiger partial charge in [0.1, 0.15) is 12.9 Å². The second-order valence-corrected chi connectivity index (χ2v) is 2.49. The van der Waals surface area contributed by atoms with E-state index < -0.39 is 5.97 Å². The van der Waals surface area contributed by atoms with Gasteiger partial charge < -0.3 is 9.53 Å². The number of rotatable bonds is 4. The SMILES string of the molecule is C=C(C)C(=O)OCC(C)C=O. The van der Waals surface area contributed by atoms with Gasteiger partial charge in [0.15, 0.2) is 0 Å². The van der Waals surface area contributed by atoms with E-state index in [0.29, 0.717) is 5.57 Å². The van der Waals surface area contributed by atoms with Crippen LogP contribution in [0.5, 0.6) is 0 Å². The monoisotopic (exact) mass is 156 g/mol. The van der Waals surface area contributed by atoms with Gasteiger partial charge in [-0.25, -0.2) is 4.79 Å². The molecule has 3 heteroatoms. The first-order valence-electron chi connectivity index (χ1n) is 3.36. The van der Waals surface area contributed by atoms with E-state index in [1.54, 1.807) is 13.8 Å². The Morgan fingerprint density at radius 3 is 2.64 bits per heavy atom. The minimum Gasteiger partial charge on any atom is -0.462 e. The summed E-state index contributed by atoms with van der Waals surface area (Å²) in [6.07, 6.45) is 0.742. The Labute approximate surface area is 66.0 Å². The van der Waals surface area contributed by atoms with Gasteiger partial charge in [-0.05, 0) is 6.92 Å². The number of hydrogen-bond donors (Lipinski definition) is 0. The van der Waals surface area contributed by atoms with Gasteiger partial charge in [-0.2, -0.15) is 0 Å². The Balaban J connectivity index is 3.62. The van der Waals surface area contributed by atoms with E-state index in [4.69, 9.17) is 0 Å². The summed E-state index contributed by atoms with van der Waals surface area (Å²) >= 11 is 0. The molecule has 0 aromatic rings. The van der Waals surface area contributed by atoms with Gasteiger partial charge in [-0.1, -0.05) is 13.5 Å². The highest BCUT2D eigenvalue weighted by molar-refractivity contribution is 5.87. The number of carbonyl (C=O) groups is 2. The van der Waals surface area contributed by atoms with Crippen LogP contribution >= 0.6 is 0 Å². The Morgan fingerprint density at radius 1 is 1.73 bits per heavy atom. The molecule has 0 fully saturated rings. The van der Waals surface area contributed by atoms with Gasteiger partial charge in [0.05, 0.1) is 0 Å². The van der Waals surface area contributed by atoms with Crippen molar-refractivity contribution in [3.05, 3.63) is 12.2 Å². The molecule has 0 aliphatic heterocycles. The van der Waals surface area contributed by atoms with E-state index in [0.717, 1.165) is 6.29 Å². The number of carbonyl (C=O) groups excluding carboxylic acids is 2. The van der Waals surface area contributed by atoms with Crippen molar-refractivity contribution < 1.29 is 14.3 Å². The third kappa shape index (κ3) is 4.31. The fourth-order valence-electron chi connectivity index (χ4n) is 0.370. The zero-order chi connectivity index (χ0) is 8.85. The van der Waals surface area contributed by atoms with E-state index in [1.165, 1.54) is 0 Å². The first-order valence-corrected chi connectivity index (χ1v) is 3.36. The molecule has 0 radical (unpaired) electrons. The first-order chi connectivity index (χ1) is 5.07. The van der Waals surface area contributed by atoms with E-state index in [9.17, 15) is 9.59 Å². The van der Waals surface area contributed by atoms with Crippen molar-refractivity contribution in [2.75, 3.05) is 6.61 Å². The molecule has 0 aromatic heterocycles. The summed E-state index contributed by atoms with van der Waals surface area (Å²) in [6.45, 7) is 6.77. The minimum absolute atomic E-state index is 0.134. The van der Waals surface area contributed by atoms with Crippen molar-refractivity contribution in [1.29, 1.82) is 0 Å². The molecule has 0 bridgehead atoms. The summed E-state index contributed by atoms with van der Waals surface area (Å²) in [7, 11) is 0.